The van der Waals surface area contributed by atoms with Crippen molar-refractivity contribution in [2.24, 2.45) is 0 Å². The van der Waals surface area contributed by atoms with Gasteiger partial charge < -0.3 is 9.80 Å². The molecule has 4 unspecified atom stereocenters. The first kappa shape index (κ1) is 20.4. The molecule has 2 bridgehead atoms. The van der Waals surface area contributed by atoms with Crippen molar-refractivity contribution in [3.05, 3.63) is 18.0 Å². The summed E-state index contributed by atoms with van der Waals surface area (Å²) < 4.78 is 0. The molecule has 0 aromatic carbocycles. The Balaban J connectivity index is 1.36. The molecule has 1 aromatic heterocycles. The minimum atomic E-state index is 0.510. The van der Waals surface area contributed by atoms with Gasteiger partial charge in [-0.25, -0.2) is 9.97 Å². The fraction of sp³-hybridized carbons (Fsp3) is 0.818. The van der Waals surface area contributed by atoms with Gasteiger partial charge in [0.15, 0.2) is 0 Å². The highest BCUT2D eigenvalue weighted by molar-refractivity contribution is 7.80. The fourth-order valence-electron chi connectivity index (χ4n) is 5.39. The molecule has 0 aliphatic carbocycles. The van der Waals surface area contributed by atoms with Gasteiger partial charge in [0.05, 0.1) is 0 Å². The third-order valence-electron chi connectivity index (χ3n) is 6.97. The first-order valence-electron chi connectivity index (χ1n) is 11.4. The first-order chi connectivity index (χ1) is 13.6. The summed E-state index contributed by atoms with van der Waals surface area (Å²) >= 11 is 4.51. The van der Waals surface area contributed by atoms with E-state index < -0.39 is 0 Å². The molecule has 156 valence electrons. The molecule has 28 heavy (non-hydrogen) atoms. The van der Waals surface area contributed by atoms with E-state index >= 15 is 0 Å². The molecule has 3 fully saturated rings. The standard InChI is InChI=1S/C22H37N5S/c1-3-25-15-20-8-9-21(16-25)27(20)22-23-12-19(13-24-22)18-7-5-11-26(14-18)10-4-6-17(2)28/h12-13,17-18,20-21,28H,3-11,14-16H2,1-2H3. The largest absolute Gasteiger partial charge is 0.332 e. The molecule has 4 heterocycles. The van der Waals surface area contributed by atoms with Crippen LogP contribution in [0.15, 0.2) is 12.4 Å². The van der Waals surface area contributed by atoms with Crippen LogP contribution >= 0.6 is 12.6 Å². The molecule has 1 aromatic rings. The van der Waals surface area contributed by atoms with E-state index in [-0.39, 0.29) is 0 Å². The van der Waals surface area contributed by atoms with Crippen molar-refractivity contribution in [2.75, 3.05) is 44.2 Å². The lowest BCUT2D eigenvalue weighted by Gasteiger charge is -2.40. The lowest BCUT2D eigenvalue weighted by atomic mass is 9.92. The second-order valence-electron chi connectivity index (χ2n) is 9.09. The van der Waals surface area contributed by atoms with Crippen molar-refractivity contribution in [2.45, 2.75) is 75.6 Å². The summed E-state index contributed by atoms with van der Waals surface area (Å²) in [5.74, 6) is 1.55. The van der Waals surface area contributed by atoms with Gasteiger partial charge in [-0.1, -0.05) is 13.8 Å². The molecule has 0 radical (unpaired) electrons. The molecule has 6 heteroatoms. The smallest absolute Gasteiger partial charge is 0.225 e. The lowest BCUT2D eigenvalue weighted by molar-refractivity contribution is 0.204. The number of fused-ring (bicyclic) bond motifs is 2. The van der Waals surface area contributed by atoms with Crippen LogP contribution in [0.25, 0.3) is 0 Å². The second-order valence-corrected chi connectivity index (χ2v) is 9.97. The number of thiol groups is 1. The SMILES string of the molecule is CCN1CC2CCC(C1)N2c1ncc(C2CCCN(CCCC(C)S)C2)cn1. The molecular formula is C22H37N5S. The van der Waals surface area contributed by atoms with E-state index in [1.807, 2.05) is 0 Å². The zero-order valence-electron chi connectivity index (χ0n) is 17.6. The molecule has 5 nitrogen and oxygen atoms in total. The van der Waals surface area contributed by atoms with Gasteiger partial charge in [0.25, 0.3) is 0 Å². The summed E-state index contributed by atoms with van der Waals surface area (Å²) in [6.45, 7) is 11.5. The van der Waals surface area contributed by atoms with Crippen LogP contribution in [0.4, 0.5) is 5.95 Å². The van der Waals surface area contributed by atoms with E-state index in [0.717, 1.165) is 19.0 Å². The number of piperazine rings is 1. The number of likely N-dealkylation sites (tertiary alicyclic amines) is 2. The van der Waals surface area contributed by atoms with Crippen LogP contribution in [-0.2, 0) is 0 Å². The van der Waals surface area contributed by atoms with Crippen molar-refractivity contribution < 1.29 is 0 Å². The number of likely N-dealkylation sites (N-methyl/N-ethyl adjacent to an activating group) is 1. The summed E-state index contributed by atoms with van der Waals surface area (Å²) in [6, 6.07) is 1.20. The fourth-order valence-corrected chi connectivity index (χ4v) is 5.57. The lowest BCUT2D eigenvalue weighted by Crippen LogP contribution is -2.54. The van der Waals surface area contributed by atoms with Crippen LogP contribution in [0.2, 0.25) is 0 Å². The number of rotatable bonds is 7. The average Bonchev–Trinajstić information content (AvgIpc) is 2.97. The van der Waals surface area contributed by atoms with Crippen LogP contribution in [0.5, 0.6) is 0 Å². The van der Waals surface area contributed by atoms with Gasteiger partial charge in [0.2, 0.25) is 5.95 Å². The Hall–Kier alpha value is -0.850. The summed E-state index contributed by atoms with van der Waals surface area (Å²) in [5, 5.41) is 0.510. The van der Waals surface area contributed by atoms with Gasteiger partial charge in [0, 0.05) is 44.1 Å². The Labute approximate surface area is 176 Å². The molecule has 3 aliphatic rings. The molecule has 0 spiro atoms. The van der Waals surface area contributed by atoms with E-state index in [1.165, 1.54) is 70.3 Å². The minimum absolute atomic E-state index is 0.510. The van der Waals surface area contributed by atoms with Gasteiger partial charge in [-0.2, -0.15) is 12.6 Å². The Morgan fingerprint density at radius 3 is 2.43 bits per heavy atom. The monoisotopic (exact) mass is 403 g/mol. The van der Waals surface area contributed by atoms with Crippen LogP contribution in [0, 0.1) is 0 Å². The maximum absolute atomic E-state index is 4.85. The highest BCUT2D eigenvalue weighted by Crippen LogP contribution is 2.33. The van der Waals surface area contributed by atoms with Crippen LogP contribution in [-0.4, -0.2) is 76.4 Å². The minimum Gasteiger partial charge on any atom is -0.332 e. The van der Waals surface area contributed by atoms with Crippen molar-refractivity contribution in [3.8, 4) is 0 Å². The summed E-state index contributed by atoms with van der Waals surface area (Å²) in [5.41, 5.74) is 1.33. The van der Waals surface area contributed by atoms with Crippen molar-refractivity contribution in [1.29, 1.82) is 0 Å². The number of hydrogen-bond donors (Lipinski definition) is 1. The van der Waals surface area contributed by atoms with E-state index in [0.29, 0.717) is 23.3 Å². The topological polar surface area (TPSA) is 35.5 Å². The number of anilines is 1. The summed E-state index contributed by atoms with van der Waals surface area (Å²) in [4.78, 5) is 17.4. The van der Waals surface area contributed by atoms with Gasteiger partial charge >= 0.3 is 0 Å². The zero-order chi connectivity index (χ0) is 19.5. The van der Waals surface area contributed by atoms with Gasteiger partial charge in [-0.05, 0) is 74.9 Å². The number of piperidine rings is 1. The molecule has 0 N–H and O–H groups in total. The second kappa shape index (κ2) is 9.31. The van der Waals surface area contributed by atoms with E-state index in [2.05, 4.69) is 53.6 Å². The predicted molar refractivity (Wildman–Crippen MR) is 120 cm³/mol. The Bertz CT molecular complexity index is 608. The van der Waals surface area contributed by atoms with E-state index in [9.17, 15) is 0 Å². The van der Waals surface area contributed by atoms with Gasteiger partial charge in [-0.3, -0.25) is 4.90 Å². The molecular weight excluding hydrogens is 366 g/mol. The normalized spacial score (nSPS) is 30.0. The third-order valence-corrected chi connectivity index (χ3v) is 7.23. The van der Waals surface area contributed by atoms with Crippen LogP contribution in [0.3, 0.4) is 0 Å². The van der Waals surface area contributed by atoms with Crippen molar-refractivity contribution >= 4 is 18.6 Å². The summed E-state index contributed by atoms with van der Waals surface area (Å²) in [7, 11) is 0. The highest BCUT2D eigenvalue weighted by Gasteiger charge is 2.40. The number of aromatic nitrogens is 2. The van der Waals surface area contributed by atoms with Crippen LogP contribution < -0.4 is 4.90 Å². The van der Waals surface area contributed by atoms with Gasteiger partial charge in [-0.15, -0.1) is 0 Å². The van der Waals surface area contributed by atoms with Crippen molar-refractivity contribution in [3.63, 3.8) is 0 Å². The molecule has 3 aliphatic heterocycles. The van der Waals surface area contributed by atoms with E-state index in [1.54, 1.807) is 0 Å². The van der Waals surface area contributed by atoms with E-state index in [4.69, 9.17) is 9.97 Å². The third kappa shape index (κ3) is 4.65. The first-order valence-corrected chi connectivity index (χ1v) is 11.9. The quantitative estimate of drug-likeness (QED) is 0.706. The number of nitrogens with zero attached hydrogens (tertiary/aromatic N) is 5. The summed E-state index contributed by atoms with van der Waals surface area (Å²) in [6.07, 6.45) is 11.8. The maximum Gasteiger partial charge on any atom is 0.225 e. The highest BCUT2D eigenvalue weighted by atomic mass is 32.1. The molecule has 0 amide bonds. The maximum atomic E-state index is 4.85. The van der Waals surface area contributed by atoms with Crippen molar-refractivity contribution in [1.82, 2.24) is 19.8 Å². The molecule has 0 saturated carbocycles. The number of hydrogen-bond acceptors (Lipinski definition) is 6. The molecule has 3 saturated heterocycles. The Morgan fingerprint density at radius 2 is 1.79 bits per heavy atom. The Kier molecular flexibility index (Phi) is 6.79. The molecule has 4 rings (SSSR count). The zero-order valence-corrected chi connectivity index (χ0v) is 18.5. The van der Waals surface area contributed by atoms with Gasteiger partial charge in [0.1, 0.15) is 0 Å². The average molecular weight is 404 g/mol. The van der Waals surface area contributed by atoms with Crippen LogP contribution in [0.1, 0.15) is 63.9 Å². The predicted octanol–water partition coefficient (Wildman–Crippen LogP) is 3.43. The molecule has 4 atom stereocenters. The Morgan fingerprint density at radius 1 is 1.07 bits per heavy atom.